The fourth-order valence-corrected chi connectivity index (χ4v) is 3.37. The lowest BCUT2D eigenvalue weighted by molar-refractivity contribution is -0.187. The molecule has 2 aromatic rings. The average molecular weight is 390 g/mol. The molecule has 2 atom stereocenters. The molecule has 1 heterocycles. The zero-order chi connectivity index (χ0) is 19.6. The van der Waals surface area contributed by atoms with Gasteiger partial charge in [-0.2, -0.15) is 0 Å². The second-order valence-electron chi connectivity index (χ2n) is 6.06. The first-order chi connectivity index (χ1) is 12.9. The van der Waals surface area contributed by atoms with Crippen LogP contribution in [0.3, 0.4) is 0 Å². The van der Waals surface area contributed by atoms with E-state index in [0.29, 0.717) is 22.7 Å². The van der Waals surface area contributed by atoms with Crippen molar-refractivity contribution in [2.75, 3.05) is 12.4 Å². The quantitative estimate of drug-likeness (QED) is 0.804. The molecule has 7 heteroatoms. The summed E-state index contributed by atoms with van der Waals surface area (Å²) in [5, 5.41) is 3.24. The van der Waals surface area contributed by atoms with E-state index in [1.807, 2.05) is 25.1 Å². The predicted octanol–water partition coefficient (Wildman–Crippen LogP) is 3.86. The Kier molecular flexibility index (Phi) is 5.68. The molecule has 0 spiro atoms. The van der Waals surface area contributed by atoms with Gasteiger partial charge in [0.25, 0.3) is 12.2 Å². The Morgan fingerprint density at radius 2 is 2.04 bits per heavy atom. The predicted molar refractivity (Wildman–Crippen MR) is 101 cm³/mol. The van der Waals surface area contributed by atoms with Crippen LogP contribution in [0.1, 0.15) is 36.6 Å². The number of halogens is 1. The summed E-state index contributed by atoms with van der Waals surface area (Å²) in [5.41, 5.74) is 2.98. The summed E-state index contributed by atoms with van der Waals surface area (Å²) < 4.78 is 16.5. The van der Waals surface area contributed by atoms with Crippen LogP contribution in [0.25, 0.3) is 0 Å². The highest BCUT2D eigenvalue weighted by molar-refractivity contribution is 6.30. The molecule has 0 aliphatic carbocycles. The van der Waals surface area contributed by atoms with E-state index >= 15 is 0 Å². The molecule has 27 heavy (non-hydrogen) atoms. The fourth-order valence-electron chi connectivity index (χ4n) is 3.19. The van der Waals surface area contributed by atoms with Crippen molar-refractivity contribution < 1.29 is 23.8 Å². The lowest BCUT2D eigenvalue weighted by atomic mass is 9.93. The molecule has 1 aliphatic rings. The molecule has 1 amide bonds. The fraction of sp³-hybridized carbons (Fsp3) is 0.300. The van der Waals surface area contributed by atoms with Crippen LogP contribution in [0.15, 0.2) is 36.4 Å². The number of fused-ring (bicyclic) bond motifs is 1. The lowest BCUT2D eigenvalue weighted by Crippen LogP contribution is -2.33. The zero-order valence-corrected chi connectivity index (χ0v) is 16.0. The van der Waals surface area contributed by atoms with E-state index in [2.05, 4.69) is 5.32 Å². The zero-order valence-electron chi connectivity index (χ0n) is 15.2. The number of carbonyl (C=O) groups is 2. The highest BCUT2D eigenvalue weighted by atomic mass is 35.5. The SMILES string of the molecule is CCc1c(OC)cccc1C1OC(OC(C)=O)C(=O)Nc2ccc(Cl)cc21. The molecule has 0 bridgehead atoms. The van der Waals surface area contributed by atoms with Crippen LogP contribution in [-0.4, -0.2) is 25.3 Å². The van der Waals surface area contributed by atoms with Crippen molar-refractivity contribution in [3.8, 4) is 5.75 Å². The minimum absolute atomic E-state index is 0.503. The van der Waals surface area contributed by atoms with Gasteiger partial charge in [-0.1, -0.05) is 30.7 Å². The van der Waals surface area contributed by atoms with E-state index in [0.717, 1.165) is 16.9 Å². The van der Waals surface area contributed by atoms with Gasteiger partial charge in [-0.3, -0.25) is 9.59 Å². The Morgan fingerprint density at radius 3 is 2.70 bits per heavy atom. The molecule has 0 saturated carbocycles. The second kappa shape index (κ2) is 7.98. The highest BCUT2D eigenvalue weighted by Crippen LogP contribution is 2.40. The van der Waals surface area contributed by atoms with Crippen LogP contribution >= 0.6 is 11.6 Å². The van der Waals surface area contributed by atoms with Crippen molar-refractivity contribution in [2.24, 2.45) is 0 Å². The molecule has 0 fully saturated rings. The molecular weight excluding hydrogens is 370 g/mol. The van der Waals surface area contributed by atoms with Crippen molar-refractivity contribution in [1.82, 2.24) is 0 Å². The van der Waals surface area contributed by atoms with Crippen molar-refractivity contribution in [2.45, 2.75) is 32.7 Å². The lowest BCUT2D eigenvalue weighted by Gasteiger charge is -2.24. The summed E-state index contributed by atoms with van der Waals surface area (Å²) in [6.07, 6.45) is -1.36. The Labute approximate surface area is 162 Å². The van der Waals surface area contributed by atoms with Crippen LogP contribution in [-0.2, 0) is 25.5 Å². The van der Waals surface area contributed by atoms with Gasteiger partial charge in [-0.15, -0.1) is 0 Å². The molecule has 1 aliphatic heterocycles. The number of methoxy groups -OCH3 is 1. The van der Waals surface area contributed by atoms with Crippen molar-refractivity contribution >= 4 is 29.2 Å². The van der Waals surface area contributed by atoms with Crippen LogP contribution in [0.5, 0.6) is 5.75 Å². The first kappa shape index (κ1) is 19.2. The van der Waals surface area contributed by atoms with Gasteiger partial charge in [-0.25, -0.2) is 0 Å². The first-order valence-corrected chi connectivity index (χ1v) is 8.91. The highest BCUT2D eigenvalue weighted by Gasteiger charge is 2.35. The van der Waals surface area contributed by atoms with Crippen LogP contribution in [0.4, 0.5) is 5.69 Å². The third kappa shape index (κ3) is 3.91. The Hall–Kier alpha value is -2.57. The largest absolute Gasteiger partial charge is 0.496 e. The van der Waals surface area contributed by atoms with Crippen molar-refractivity contribution in [3.63, 3.8) is 0 Å². The van der Waals surface area contributed by atoms with Crippen molar-refractivity contribution in [3.05, 3.63) is 58.1 Å². The Bertz CT molecular complexity index is 883. The minimum atomic E-state index is -1.38. The third-order valence-electron chi connectivity index (χ3n) is 4.33. The van der Waals surface area contributed by atoms with Crippen LogP contribution in [0.2, 0.25) is 5.02 Å². The summed E-state index contributed by atoms with van der Waals surface area (Å²) in [4.78, 5) is 23.9. The normalized spacial score (nSPS) is 18.9. The number of carbonyl (C=O) groups excluding carboxylic acids is 2. The van der Waals surface area contributed by atoms with Gasteiger partial charge in [0, 0.05) is 23.2 Å². The summed E-state index contributed by atoms with van der Waals surface area (Å²) >= 11 is 6.19. The van der Waals surface area contributed by atoms with E-state index in [1.165, 1.54) is 6.92 Å². The van der Waals surface area contributed by atoms with Gasteiger partial charge in [-0.05, 0) is 41.8 Å². The van der Waals surface area contributed by atoms with E-state index < -0.39 is 24.3 Å². The molecule has 6 nitrogen and oxygen atoms in total. The van der Waals surface area contributed by atoms with E-state index in [-0.39, 0.29) is 0 Å². The number of nitrogens with one attached hydrogen (secondary N) is 1. The first-order valence-electron chi connectivity index (χ1n) is 8.53. The maximum absolute atomic E-state index is 12.5. The van der Waals surface area contributed by atoms with Gasteiger partial charge >= 0.3 is 5.97 Å². The summed E-state index contributed by atoms with van der Waals surface area (Å²) in [5.74, 6) is -0.453. The number of esters is 1. The molecule has 2 aromatic carbocycles. The van der Waals surface area contributed by atoms with Gasteiger partial charge in [0.15, 0.2) is 0 Å². The smallest absolute Gasteiger partial charge is 0.305 e. The van der Waals surface area contributed by atoms with E-state index in [9.17, 15) is 9.59 Å². The van der Waals surface area contributed by atoms with E-state index in [4.69, 9.17) is 25.8 Å². The minimum Gasteiger partial charge on any atom is -0.496 e. The molecule has 1 N–H and O–H groups in total. The number of rotatable bonds is 4. The number of amides is 1. The summed E-state index contributed by atoms with van der Waals surface area (Å²) in [6.45, 7) is 3.23. The molecule has 2 unspecified atom stereocenters. The monoisotopic (exact) mass is 389 g/mol. The van der Waals surface area contributed by atoms with Gasteiger partial charge in [0.2, 0.25) is 0 Å². The topological polar surface area (TPSA) is 73.9 Å². The number of hydrogen-bond acceptors (Lipinski definition) is 5. The standard InChI is InChI=1S/C20H20ClNO5/c1-4-13-14(6-5-7-17(13)25-3)18-15-10-12(21)8-9-16(15)22-19(24)20(27-18)26-11(2)23/h5-10,18,20H,4H2,1-3H3,(H,22,24). The second-order valence-corrected chi connectivity index (χ2v) is 6.50. The summed E-state index contributed by atoms with van der Waals surface area (Å²) in [7, 11) is 1.60. The number of anilines is 1. The molecule has 0 saturated heterocycles. The molecular formula is C20H20ClNO5. The summed E-state index contributed by atoms with van der Waals surface area (Å²) in [6, 6.07) is 10.7. The molecule has 0 aromatic heterocycles. The van der Waals surface area contributed by atoms with Gasteiger partial charge < -0.3 is 19.5 Å². The van der Waals surface area contributed by atoms with Gasteiger partial charge in [0.1, 0.15) is 11.9 Å². The van der Waals surface area contributed by atoms with Crippen molar-refractivity contribution in [1.29, 1.82) is 0 Å². The molecule has 0 radical (unpaired) electrons. The Morgan fingerprint density at radius 1 is 1.26 bits per heavy atom. The van der Waals surface area contributed by atoms with E-state index in [1.54, 1.807) is 25.3 Å². The molecule has 142 valence electrons. The third-order valence-corrected chi connectivity index (χ3v) is 4.56. The van der Waals surface area contributed by atoms with Gasteiger partial charge in [0.05, 0.1) is 7.11 Å². The van der Waals surface area contributed by atoms with Crippen LogP contribution < -0.4 is 10.1 Å². The number of ether oxygens (including phenoxy) is 3. The average Bonchev–Trinajstić information content (AvgIpc) is 2.77. The number of hydrogen-bond donors (Lipinski definition) is 1. The maximum Gasteiger partial charge on any atom is 0.305 e. The molecule has 3 rings (SSSR count). The van der Waals surface area contributed by atoms with Crippen LogP contribution in [0, 0.1) is 0 Å². The maximum atomic E-state index is 12.5. The Balaban J connectivity index is 2.18. The number of benzene rings is 2.